The molecule has 4 nitrogen and oxygen atoms in total. The van der Waals surface area contributed by atoms with Crippen molar-refractivity contribution in [2.75, 3.05) is 20.3 Å². The molecule has 0 spiro atoms. The Morgan fingerprint density at radius 1 is 1.20 bits per heavy atom. The van der Waals surface area contributed by atoms with Crippen LogP contribution in [0, 0.1) is 0 Å². The number of rotatable bonds is 8. The van der Waals surface area contributed by atoms with E-state index in [1.54, 1.807) is 31.4 Å². The van der Waals surface area contributed by atoms with E-state index < -0.39 is 5.97 Å². The largest absolute Gasteiger partial charge is 0.493 e. The molecule has 0 atom stereocenters. The molecule has 1 aromatic carbocycles. The van der Waals surface area contributed by atoms with E-state index >= 15 is 0 Å². The van der Waals surface area contributed by atoms with Crippen molar-refractivity contribution in [3.05, 3.63) is 55.1 Å². The number of hydrogen-bond acceptors (Lipinski definition) is 4. The zero-order valence-corrected chi connectivity index (χ0v) is 11.5. The number of methoxy groups -OCH3 is 1. The fraction of sp³-hybridized carbons (Fsp3) is 0.188. The minimum atomic E-state index is -0.422. The van der Waals surface area contributed by atoms with Crippen molar-refractivity contribution in [3.8, 4) is 11.5 Å². The number of carbonyl (C=O) groups is 1. The van der Waals surface area contributed by atoms with Crippen LogP contribution in [-0.4, -0.2) is 26.3 Å². The molecule has 4 heteroatoms. The van der Waals surface area contributed by atoms with Crippen LogP contribution in [0.1, 0.15) is 5.56 Å². The van der Waals surface area contributed by atoms with E-state index in [1.807, 2.05) is 6.07 Å². The lowest BCUT2D eigenvalue weighted by atomic mass is 10.2. The highest BCUT2D eigenvalue weighted by atomic mass is 16.5. The Balaban J connectivity index is 2.80. The number of esters is 1. The summed E-state index contributed by atoms with van der Waals surface area (Å²) in [4.78, 5) is 11.3. The lowest BCUT2D eigenvalue weighted by Crippen LogP contribution is -1.99. The maximum absolute atomic E-state index is 11.3. The molecule has 0 saturated heterocycles. The zero-order valence-electron chi connectivity index (χ0n) is 11.5. The monoisotopic (exact) mass is 274 g/mol. The predicted octanol–water partition coefficient (Wildman–Crippen LogP) is 3.00. The molecular formula is C16H18O4. The molecule has 0 fully saturated rings. The van der Waals surface area contributed by atoms with Gasteiger partial charge in [-0.1, -0.05) is 31.4 Å². The molecular weight excluding hydrogens is 256 g/mol. The van der Waals surface area contributed by atoms with Crippen LogP contribution in [0.4, 0.5) is 0 Å². The van der Waals surface area contributed by atoms with Crippen molar-refractivity contribution >= 4 is 12.0 Å². The molecule has 1 rings (SSSR count). The molecule has 20 heavy (non-hydrogen) atoms. The second-order valence-electron chi connectivity index (χ2n) is 3.76. The van der Waals surface area contributed by atoms with Crippen LogP contribution in [0.25, 0.3) is 6.08 Å². The van der Waals surface area contributed by atoms with E-state index in [9.17, 15) is 4.79 Å². The summed E-state index contributed by atoms with van der Waals surface area (Å²) in [5, 5.41) is 0. The van der Waals surface area contributed by atoms with Crippen LogP contribution in [0.3, 0.4) is 0 Å². The minimum Gasteiger partial charge on any atom is -0.493 e. The molecule has 0 heterocycles. The maximum atomic E-state index is 11.3. The average Bonchev–Trinajstić information content (AvgIpc) is 2.48. The van der Waals surface area contributed by atoms with Gasteiger partial charge in [-0.2, -0.15) is 0 Å². The van der Waals surface area contributed by atoms with Crippen LogP contribution in [-0.2, 0) is 9.53 Å². The summed E-state index contributed by atoms with van der Waals surface area (Å²) in [6.07, 6.45) is 6.16. The minimum absolute atomic E-state index is 0.194. The summed E-state index contributed by atoms with van der Waals surface area (Å²) in [5.74, 6) is 0.793. The number of carbonyl (C=O) groups excluding carboxylic acids is 1. The molecule has 0 aromatic heterocycles. The second-order valence-corrected chi connectivity index (χ2v) is 3.76. The van der Waals surface area contributed by atoms with Crippen molar-refractivity contribution < 1.29 is 19.0 Å². The van der Waals surface area contributed by atoms with Gasteiger partial charge in [0.05, 0.1) is 7.11 Å². The third-order valence-electron chi connectivity index (χ3n) is 2.30. The molecule has 0 bridgehead atoms. The Bertz CT molecular complexity index is 503. The van der Waals surface area contributed by atoms with E-state index in [0.717, 1.165) is 5.56 Å². The van der Waals surface area contributed by atoms with Gasteiger partial charge in [-0.05, 0) is 23.8 Å². The Morgan fingerprint density at radius 3 is 2.60 bits per heavy atom. The molecule has 0 N–H and O–H groups in total. The molecule has 0 saturated carbocycles. The van der Waals surface area contributed by atoms with Gasteiger partial charge in [0, 0.05) is 6.08 Å². The van der Waals surface area contributed by atoms with Gasteiger partial charge in [0.2, 0.25) is 0 Å². The first-order valence-electron chi connectivity index (χ1n) is 6.08. The van der Waals surface area contributed by atoms with Crippen molar-refractivity contribution in [2.45, 2.75) is 0 Å². The lowest BCUT2D eigenvalue weighted by molar-refractivity contribution is -0.136. The summed E-state index contributed by atoms with van der Waals surface area (Å²) in [7, 11) is 1.57. The summed E-state index contributed by atoms with van der Waals surface area (Å²) >= 11 is 0. The number of benzene rings is 1. The molecule has 0 aliphatic heterocycles. The quantitative estimate of drug-likeness (QED) is 0.415. The van der Waals surface area contributed by atoms with E-state index in [4.69, 9.17) is 14.2 Å². The first-order chi connectivity index (χ1) is 9.71. The van der Waals surface area contributed by atoms with Crippen LogP contribution >= 0.6 is 0 Å². The Kier molecular flexibility index (Phi) is 6.68. The van der Waals surface area contributed by atoms with Crippen LogP contribution in [0.5, 0.6) is 11.5 Å². The molecule has 0 radical (unpaired) electrons. The lowest BCUT2D eigenvalue weighted by Gasteiger charge is -2.09. The molecule has 0 aliphatic rings. The summed E-state index contributed by atoms with van der Waals surface area (Å²) in [6.45, 7) is 7.64. The standard InChI is InChI=1S/C16H18O4/c1-4-10-19-15-12-13(6-8-14(15)18-3)7-9-16(17)20-11-5-2/h4-9,12H,1-2,10-11H2,3H3/b9-7+. The molecule has 0 unspecified atom stereocenters. The SMILES string of the molecule is C=CCOC(=O)/C=C/c1ccc(OC)c(OCC=C)c1. The summed E-state index contributed by atoms with van der Waals surface area (Å²) in [5.41, 5.74) is 0.806. The third kappa shape index (κ3) is 5.02. The van der Waals surface area contributed by atoms with Gasteiger partial charge < -0.3 is 14.2 Å². The summed E-state index contributed by atoms with van der Waals surface area (Å²) in [6, 6.07) is 5.36. The van der Waals surface area contributed by atoms with Gasteiger partial charge in [-0.15, -0.1) is 0 Å². The van der Waals surface area contributed by atoms with Gasteiger partial charge >= 0.3 is 5.97 Å². The second kappa shape index (κ2) is 8.58. The average molecular weight is 274 g/mol. The van der Waals surface area contributed by atoms with E-state index in [2.05, 4.69) is 13.2 Å². The van der Waals surface area contributed by atoms with Crippen LogP contribution in [0.2, 0.25) is 0 Å². The molecule has 1 aromatic rings. The van der Waals surface area contributed by atoms with Crippen LogP contribution < -0.4 is 9.47 Å². The van der Waals surface area contributed by atoms with Crippen molar-refractivity contribution in [1.29, 1.82) is 0 Å². The van der Waals surface area contributed by atoms with Gasteiger partial charge in [-0.25, -0.2) is 4.79 Å². The number of ether oxygens (including phenoxy) is 3. The number of hydrogen-bond donors (Lipinski definition) is 0. The summed E-state index contributed by atoms with van der Waals surface area (Å²) < 4.78 is 15.5. The topological polar surface area (TPSA) is 44.8 Å². The highest BCUT2D eigenvalue weighted by Crippen LogP contribution is 2.28. The van der Waals surface area contributed by atoms with E-state index in [1.165, 1.54) is 12.2 Å². The highest BCUT2D eigenvalue weighted by Gasteiger charge is 2.04. The zero-order chi connectivity index (χ0) is 14.8. The maximum Gasteiger partial charge on any atom is 0.331 e. The fourth-order valence-electron chi connectivity index (χ4n) is 1.41. The van der Waals surface area contributed by atoms with Gasteiger partial charge in [0.15, 0.2) is 11.5 Å². The van der Waals surface area contributed by atoms with Crippen molar-refractivity contribution in [2.24, 2.45) is 0 Å². The van der Waals surface area contributed by atoms with Crippen molar-refractivity contribution in [3.63, 3.8) is 0 Å². The van der Waals surface area contributed by atoms with Gasteiger partial charge in [0.25, 0.3) is 0 Å². The Hall–Kier alpha value is -2.49. The van der Waals surface area contributed by atoms with Crippen LogP contribution in [0.15, 0.2) is 49.6 Å². The van der Waals surface area contributed by atoms with Crippen molar-refractivity contribution in [1.82, 2.24) is 0 Å². The predicted molar refractivity (Wildman–Crippen MR) is 78.9 cm³/mol. The van der Waals surface area contributed by atoms with E-state index in [0.29, 0.717) is 18.1 Å². The first kappa shape index (κ1) is 15.6. The normalized spacial score (nSPS) is 10.1. The third-order valence-corrected chi connectivity index (χ3v) is 2.30. The van der Waals surface area contributed by atoms with Gasteiger partial charge in [-0.3, -0.25) is 0 Å². The molecule has 0 aliphatic carbocycles. The fourth-order valence-corrected chi connectivity index (χ4v) is 1.41. The highest BCUT2D eigenvalue weighted by molar-refractivity contribution is 5.87. The smallest absolute Gasteiger partial charge is 0.331 e. The Morgan fingerprint density at radius 2 is 1.95 bits per heavy atom. The molecule has 0 amide bonds. The first-order valence-corrected chi connectivity index (χ1v) is 6.08. The molecule has 106 valence electrons. The Labute approximate surface area is 119 Å². The van der Waals surface area contributed by atoms with Gasteiger partial charge in [0.1, 0.15) is 13.2 Å². The van der Waals surface area contributed by atoms with E-state index in [-0.39, 0.29) is 6.61 Å².